The molecule has 6 heteroatoms. The number of nitrogens with zero attached hydrogens (tertiary/aromatic N) is 2. The molecule has 2 saturated heterocycles. The zero-order valence-electron chi connectivity index (χ0n) is 13.5. The van der Waals surface area contributed by atoms with Crippen molar-refractivity contribution >= 4 is 0 Å². The van der Waals surface area contributed by atoms with Crippen LogP contribution in [0, 0.1) is 17.2 Å². The lowest BCUT2D eigenvalue weighted by molar-refractivity contribution is -0.0561. The summed E-state index contributed by atoms with van der Waals surface area (Å²) in [5.41, 5.74) is 2.58. The lowest BCUT2D eigenvalue weighted by Gasteiger charge is -2.36. The highest BCUT2D eigenvalue weighted by molar-refractivity contribution is 5.62. The highest BCUT2D eigenvalue weighted by Crippen LogP contribution is 2.41. The third kappa shape index (κ3) is 2.75. The number of likely N-dealkylation sites (tertiary alicyclic amines) is 1. The van der Waals surface area contributed by atoms with Crippen molar-refractivity contribution in [3.8, 4) is 11.3 Å². The second kappa shape index (κ2) is 6.27. The molecular formula is C18H22FN3O2. The van der Waals surface area contributed by atoms with E-state index < -0.39 is 0 Å². The van der Waals surface area contributed by atoms with Gasteiger partial charge in [-0.1, -0.05) is 12.1 Å². The lowest BCUT2D eigenvalue weighted by Crippen LogP contribution is -2.42. The molecule has 0 unspecified atom stereocenters. The molecule has 2 aromatic rings. The summed E-state index contributed by atoms with van der Waals surface area (Å²) in [6.45, 7) is 4.09. The van der Waals surface area contributed by atoms with Gasteiger partial charge in [-0.2, -0.15) is 5.10 Å². The Labute approximate surface area is 140 Å². The highest BCUT2D eigenvalue weighted by Gasteiger charge is 2.48. The number of fused-ring (bicyclic) bond motifs is 1. The summed E-state index contributed by atoms with van der Waals surface area (Å²) in [6.07, 6.45) is 2.81. The minimum Gasteiger partial charge on any atom is -0.396 e. The molecule has 1 aromatic heterocycles. The number of aromatic amines is 1. The van der Waals surface area contributed by atoms with Crippen molar-refractivity contribution in [2.45, 2.75) is 13.0 Å². The summed E-state index contributed by atoms with van der Waals surface area (Å²) in [5.74, 6) is 0.220. The Morgan fingerprint density at radius 1 is 1.46 bits per heavy atom. The Kier molecular flexibility index (Phi) is 4.12. The highest BCUT2D eigenvalue weighted by atomic mass is 19.1. The lowest BCUT2D eigenvalue weighted by atomic mass is 9.76. The minimum absolute atomic E-state index is 0.138. The van der Waals surface area contributed by atoms with Crippen molar-refractivity contribution in [3.05, 3.63) is 41.8 Å². The Hall–Kier alpha value is -1.76. The second-order valence-corrected chi connectivity index (χ2v) is 7.01. The second-order valence-electron chi connectivity index (χ2n) is 7.01. The summed E-state index contributed by atoms with van der Waals surface area (Å²) in [6, 6.07) is 6.55. The van der Waals surface area contributed by atoms with Crippen LogP contribution in [-0.4, -0.2) is 53.1 Å². The van der Waals surface area contributed by atoms with Gasteiger partial charge in [0.1, 0.15) is 5.82 Å². The summed E-state index contributed by atoms with van der Waals surface area (Å²) < 4.78 is 19.1. The van der Waals surface area contributed by atoms with E-state index in [-0.39, 0.29) is 17.8 Å². The molecule has 2 atom stereocenters. The number of hydrogen-bond donors (Lipinski definition) is 2. The number of halogens is 1. The van der Waals surface area contributed by atoms with Crippen molar-refractivity contribution in [1.29, 1.82) is 0 Å². The van der Waals surface area contributed by atoms with Gasteiger partial charge in [-0.15, -0.1) is 0 Å². The summed E-state index contributed by atoms with van der Waals surface area (Å²) >= 11 is 0. The average molecular weight is 331 g/mol. The predicted molar refractivity (Wildman–Crippen MR) is 87.7 cm³/mol. The first kappa shape index (κ1) is 15.7. The van der Waals surface area contributed by atoms with Crippen molar-refractivity contribution in [3.63, 3.8) is 0 Å². The fraction of sp³-hybridized carbons (Fsp3) is 0.500. The van der Waals surface area contributed by atoms with Crippen molar-refractivity contribution in [2.24, 2.45) is 11.3 Å². The zero-order valence-corrected chi connectivity index (χ0v) is 13.5. The Morgan fingerprint density at radius 3 is 3.17 bits per heavy atom. The molecule has 2 fully saturated rings. The molecule has 0 spiro atoms. The van der Waals surface area contributed by atoms with Crippen LogP contribution in [0.25, 0.3) is 11.3 Å². The van der Waals surface area contributed by atoms with E-state index in [1.54, 1.807) is 6.07 Å². The molecule has 0 aliphatic carbocycles. The van der Waals surface area contributed by atoms with E-state index in [1.165, 1.54) is 12.1 Å². The number of ether oxygens (including phenoxy) is 1. The quantitative estimate of drug-likeness (QED) is 0.900. The van der Waals surface area contributed by atoms with Gasteiger partial charge in [0.15, 0.2) is 0 Å². The molecule has 0 bridgehead atoms. The average Bonchev–Trinajstić information content (AvgIpc) is 3.19. The third-order valence-electron chi connectivity index (χ3n) is 5.42. The van der Waals surface area contributed by atoms with Gasteiger partial charge in [0.25, 0.3) is 0 Å². The van der Waals surface area contributed by atoms with Crippen LogP contribution < -0.4 is 0 Å². The molecule has 24 heavy (non-hydrogen) atoms. The fourth-order valence-electron chi connectivity index (χ4n) is 4.12. The molecule has 1 aromatic carbocycles. The molecule has 5 nitrogen and oxygen atoms in total. The minimum atomic E-state index is -0.253. The Balaban J connectivity index is 1.54. The number of nitrogens with one attached hydrogen (secondary N) is 1. The van der Waals surface area contributed by atoms with E-state index in [9.17, 15) is 9.50 Å². The standard InChI is InChI=1S/C18H22FN3O2/c19-16-3-1-2-13(6-16)17-14(7-20-21-17)8-22-9-15-4-5-24-12-18(15,10-22)11-23/h1-3,6-7,15,23H,4-5,8-12H2,(H,20,21)/t15-,18+/m0/s1. The topological polar surface area (TPSA) is 61.4 Å². The number of aromatic nitrogens is 2. The van der Waals surface area contributed by atoms with Gasteiger partial charge in [-0.25, -0.2) is 4.39 Å². The number of aliphatic hydroxyl groups is 1. The monoisotopic (exact) mass is 331 g/mol. The maximum absolute atomic E-state index is 13.5. The van der Waals surface area contributed by atoms with E-state index in [1.807, 2.05) is 12.3 Å². The first-order valence-corrected chi connectivity index (χ1v) is 8.39. The zero-order chi connectivity index (χ0) is 16.6. The molecule has 2 N–H and O–H groups in total. The van der Waals surface area contributed by atoms with E-state index >= 15 is 0 Å². The van der Waals surface area contributed by atoms with E-state index in [0.29, 0.717) is 12.5 Å². The molecule has 2 aliphatic rings. The predicted octanol–water partition coefficient (Wildman–Crippen LogP) is 2.05. The van der Waals surface area contributed by atoms with Gasteiger partial charge in [0.05, 0.1) is 25.1 Å². The van der Waals surface area contributed by atoms with Crippen molar-refractivity contribution < 1.29 is 14.2 Å². The van der Waals surface area contributed by atoms with Crippen LogP contribution in [0.4, 0.5) is 4.39 Å². The van der Waals surface area contributed by atoms with Crippen molar-refractivity contribution in [2.75, 3.05) is 32.9 Å². The largest absolute Gasteiger partial charge is 0.396 e. The van der Waals surface area contributed by atoms with Gasteiger partial charge in [-0.3, -0.25) is 10.00 Å². The number of benzene rings is 1. The third-order valence-corrected chi connectivity index (χ3v) is 5.42. The maximum atomic E-state index is 13.5. The summed E-state index contributed by atoms with van der Waals surface area (Å²) in [7, 11) is 0. The molecule has 128 valence electrons. The number of aliphatic hydroxyl groups excluding tert-OH is 1. The van der Waals surface area contributed by atoms with Crippen LogP contribution in [0.3, 0.4) is 0 Å². The van der Waals surface area contributed by atoms with Crippen LogP contribution >= 0.6 is 0 Å². The van der Waals surface area contributed by atoms with Gasteiger partial charge in [0.2, 0.25) is 0 Å². The molecule has 0 radical (unpaired) electrons. The normalized spacial score (nSPS) is 27.3. The smallest absolute Gasteiger partial charge is 0.123 e. The van der Waals surface area contributed by atoms with Crippen LogP contribution in [0.15, 0.2) is 30.5 Å². The van der Waals surface area contributed by atoms with Crippen LogP contribution in [0.1, 0.15) is 12.0 Å². The van der Waals surface area contributed by atoms with Gasteiger partial charge in [-0.05, 0) is 24.5 Å². The van der Waals surface area contributed by atoms with E-state index in [0.717, 1.165) is 49.5 Å². The van der Waals surface area contributed by atoms with Crippen LogP contribution in [0.5, 0.6) is 0 Å². The van der Waals surface area contributed by atoms with Crippen LogP contribution in [-0.2, 0) is 11.3 Å². The Bertz CT molecular complexity index is 720. The van der Waals surface area contributed by atoms with Gasteiger partial charge < -0.3 is 9.84 Å². The van der Waals surface area contributed by atoms with E-state index in [2.05, 4.69) is 15.1 Å². The summed E-state index contributed by atoms with van der Waals surface area (Å²) in [5, 5.41) is 17.0. The van der Waals surface area contributed by atoms with Crippen LogP contribution in [0.2, 0.25) is 0 Å². The molecular weight excluding hydrogens is 309 g/mol. The molecule has 4 rings (SSSR count). The molecule has 2 aliphatic heterocycles. The maximum Gasteiger partial charge on any atom is 0.123 e. The molecule has 0 saturated carbocycles. The molecule has 0 amide bonds. The summed E-state index contributed by atoms with van der Waals surface area (Å²) in [4.78, 5) is 2.35. The van der Waals surface area contributed by atoms with Gasteiger partial charge >= 0.3 is 0 Å². The number of hydrogen-bond acceptors (Lipinski definition) is 4. The number of H-pyrrole nitrogens is 1. The SMILES string of the molecule is OC[C@]12COCC[C@H]1CN(Cc1cn[nH]c1-c1cccc(F)c1)C2. The van der Waals surface area contributed by atoms with E-state index in [4.69, 9.17) is 4.74 Å². The first-order chi connectivity index (χ1) is 11.7. The van der Waals surface area contributed by atoms with Crippen molar-refractivity contribution in [1.82, 2.24) is 15.1 Å². The fourth-order valence-corrected chi connectivity index (χ4v) is 4.12. The molecule has 3 heterocycles. The van der Waals surface area contributed by atoms with Gasteiger partial charge in [0, 0.05) is 42.8 Å². The first-order valence-electron chi connectivity index (χ1n) is 8.39. The number of rotatable bonds is 4. The Morgan fingerprint density at radius 2 is 2.38 bits per heavy atom.